The average molecular weight is 420 g/mol. The Morgan fingerprint density at radius 1 is 1.10 bits per heavy atom. The molecule has 31 heavy (non-hydrogen) atoms. The van der Waals surface area contributed by atoms with Crippen LogP contribution in [0.4, 0.5) is 10.5 Å². The molecule has 1 saturated heterocycles. The van der Waals surface area contributed by atoms with Crippen molar-refractivity contribution in [3.8, 4) is 11.5 Å². The molecule has 2 aromatic carbocycles. The highest BCUT2D eigenvalue weighted by Gasteiger charge is 2.38. The number of carbonyl (C=O) groups is 3. The number of urea groups is 1. The van der Waals surface area contributed by atoms with E-state index < -0.39 is 12.1 Å². The number of rotatable bonds is 6. The van der Waals surface area contributed by atoms with Gasteiger partial charge in [0.2, 0.25) is 12.7 Å². The van der Waals surface area contributed by atoms with Crippen LogP contribution in [0.25, 0.3) is 10.9 Å². The van der Waals surface area contributed by atoms with Crippen molar-refractivity contribution in [2.24, 2.45) is 0 Å². The Bertz CT molecular complexity index is 1190. The van der Waals surface area contributed by atoms with Crippen LogP contribution in [-0.4, -0.2) is 40.6 Å². The van der Waals surface area contributed by atoms with Crippen molar-refractivity contribution in [2.45, 2.75) is 25.4 Å². The van der Waals surface area contributed by atoms with E-state index in [1.807, 2.05) is 30.5 Å². The summed E-state index contributed by atoms with van der Waals surface area (Å²) in [4.78, 5) is 41.6. The predicted molar refractivity (Wildman–Crippen MR) is 112 cm³/mol. The SMILES string of the molecule is O=C(CC[C@@H]1NC(=O)N(Cc2ccc3c(c2)OCO3)C1=O)Nc1ccc2[nH]ccc2c1. The fourth-order valence-electron chi connectivity index (χ4n) is 3.77. The normalized spacial score (nSPS) is 17.3. The van der Waals surface area contributed by atoms with Gasteiger partial charge in [0.15, 0.2) is 11.5 Å². The van der Waals surface area contributed by atoms with Gasteiger partial charge < -0.3 is 25.1 Å². The summed E-state index contributed by atoms with van der Waals surface area (Å²) in [5.41, 5.74) is 2.43. The molecule has 0 unspecified atom stereocenters. The molecule has 2 aliphatic heterocycles. The van der Waals surface area contributed by atoms with Crippen LogP contribution in [0, 0.1) is 0 Å². The fraction of sp³-hybridized carbons (Fsp3) is 0.227. The van der Waals surface area contributed by atoms with Gasteiger partial charge in [0, 0.05) is 29.2 Å². The first kappa shape index (κ1) is 19.0. The van der Waals surface area contributed by atoms with E-state index in [1.54, 1.807) is 18.2 Å². The molecule has 0 spiro atoms. The zero-order valence-electron chi connectivity index (χ0n) is 16.5. The third kappa shape index (κ3) is 3.77. The van der Waals surface area contributed by atoms with E-state index in [4.69, 9.17) is 9.47 Å². The molecule has 9 heteroatoms. The topological polar surface area (TPSA) is 113 Å². The van der Waals surface area contributed by atoms with Crippen LogP contribution in [0.3, 0.4) is 0 Å². The van der Waals surface area contributed by atoms with Crippen LogP contribution in [0.5, 0.6) is 11.5 Å². The van der Waals surface area contributed by atoms with Crippen LogP contribution in [0.1, 0.15) is 18.4 Å². The Morgan fingerprint density at radius 3 is 2.87 bits per heavy atom. The molecule has 0 radical (unpaired) electrons. The Kier molecular flexibility index (Phi) is 4.70. The van der Waals surface area contributed by atoms with Gasteiger partial charge in [-0.05, 0) is 48.4 Å². The third-order valence-corrected chi connectivity index (χ3v) is 5.38. The summed E-state index contributed by atoms with van der Waals surface area (Å²) in [5.74, 6) is 0.673. The summed E-state index contributed by atoms with van der Waals surface area (Å²) in [6.45, 7) is 0.284. The molecular formula is C22H20N4O5. The van der Waals surface area contributed by atoms with E-state index in [1.165, 1.54) is 0 Å². The van der Waals surface area contributed by atoms with Gasteiger partial charge in [-0.1, -0.05) is 6.07 Å². The summed E-state index contributed by atoms with van der Waals surface area (Å²) in [7, 11) is 0. The summed E-state index contributed by atoms with van der Waals surface area (Å²) < 4.78 is 10.6. The van der Waals surface area contributed by atoms with Gasteiger partial charge in [-0.2, -0.15) is 0 Å². The number of amides is 4. The van der Waals surface area contributed by atoms with Crippen LogP contribution >= 0.6 is 0 Å². The quantitative estimate of drug-likeness (QED) is 0.531. The smallest absolute Gasteiger partial charge is 0.325 e. The molecule has 2 aliphatic rings. The van der Waals surface area contributed by atoms with Crippen LogP contribution < -0.4 is 20.1 Å². The average Bonchev–Trinajstić information content (AvgIpc) is 3.47. The number of hydrogen-bond donors (Lipinski definition) is 3. The molecule has 0 bridgehead atoms. The number of aromatic nitrogens is 1. The molecule has 9 nitrogen and oxygen atoms in total. The monoisotopic (exact) mass is 420 g/mol. The lowest BCUT2D eigenvalue weighted by Gasteiger charge is -2.13. The van der Waals surface area contributed by atoms with Crippen molar-refractivity contribution in [3.63, 3.8) is 0 Å². The maximum absolute atomic E-state index is 12.7. The molecule has 1 fully saturated rings. The zero-order chi connectivity index (χ0) is 21.4. The summed E-state index contributed by atoms with van der Waals surface area (Å²) in [5, 5.41) is 6.49. The molecule has 3 N–H and O–H groups in total. The number of H-pyrrole nitrogens is 1. The molecule has 1 aromatic heterocycles. The molecule has 0 saturated carbocycles. The number of nitrogens with zero attached hydrogens (tertiary/aromatic N) is 1. The molecule has 1 atom stereocenters. The molecule has 3 heterocycles. The number of imide groups is 1. The minimum absolute atomic E-state index is 0.111. The predicted octanol–water partition coefficient (Wildman–Crippen LogP) is 2.74. The van der Waals surface area contributed by atoms with Crippen molar-refractivity contribution in [1.82, 2.24) is 15.2 Å². The molecule has 0 aliphatic carbocycles. The first-order chi connectivity index (χ1) is 15.1. The summed E-state index contributed by atoms with van der Waals surface area (Å²) >= 11 is 0. The minimum atomic E-state index is -0.723. The number of aromatic amines is 1. The summed E-state index contributed by atoms with van der Waals surface area (Å²) in [6.07, 6.45) is 2.17. The van der Waals surface area contributed by atoms with E-state index in [-0.39, 0.29) is 38.0 Å². The maximum Gasteiger partial charge on any atom is 0.325 e. The van der Waals surface area contributed by atoms with Crippen LogP contribution in [0.2, 0.25) is 0 Å². The van der Waals surface area contributed by atoms with Crippen molar-refractivity contribution in [3.05, 3.63) is 54.2 Å². The maximum atomic E-state index is 12.7. The Labute approximate surface area is 177 Å². The highest BCUT2D eigenvalue weighted by Crippen LogP contribution is 2.33. The van der Waals surface area contributed by atoms with Gasteiger partial charge in [-0.15, -0.1) is 0 Å². The first-order valence-electron chi connectivity index (χ1n) is 9.94. The second-order valence-corrected chi connectivity index (χ2v) is 7.48. The van der Waals surface area contributed by atoms with Crippen molar-refractivity contribution in [2.75, 3.05) is 12.1 Å². The van der Waals surface area contributed by atoms with Gasteiger partial charge in [-0.25, -0.2) is 4.79 Å². The van der Waals surface area contributed by atoms with Gasteiger partial charge in [0.25, 0.3) is 5.91 Å². The van der Waals surface area contributed by atoms with E-state index in [9.17, 15) is 14.4 Å². The highest BCUT2D eigenvalue weighted by molar-refractivity contribution is 6.04. The lowest BCUT2D eigenvalue weighted by atomic mass is 10.1. The number of anilines is 1. The zero-order valence-corrected chi connectivity index (χ0v) is 16.5. The van der Waals surface area contributed by atoms with Crippen LogP contribution in [-0.2, 0) is 16.1 Å². The van der Waals surface area contributed by atoms with Crippen molar-refractivity contribution >= 4 is 34.4 Å². The third-order valence-electron chi connectivity index (χ3n) is 5.38. The van der Waals surface area contributed by atoms with Crippen molar-refractivity contribution in [1.29, 1.82) is 0 Å². The van der Waals surface area contributed by atoms with E-state index in [2.05, 4.69) is 15.6 Å². The Hall–Kier alpha value is -4.01. The number of ether oxygens (including phenoxy) is 2. The molecular weight excluding hydrogens is 400 g/mol. The van der Waals surface area contributed by atoms with Gasteiger partial charge in [0.1, 0.15) is 6.04 Å². The lowest BCUT2D eigenvalue weighted by molar-refractivity contribution is -0.128. The van der Waals surface area contributed by atoms with Gasteiger partial charge in [0.05, 0.1) is 6.54 Å². The fourth-order valence-corrected chi connectivity index (χ4v) is 3.77. The second kappa shape index (κ2) is 7.67. The summed E-state index contributed by atoms with van der Waals surface area (Å²) in [6, 6.07) is 11.6. The number of fused-ring (bicyclic) bond motifs is 2. The number of hydrogen-bond acceptors (Lipinski definition) is 5. The minimum Gasteiger partial charge on any atom is -0.454 e. The Morgan fingerprint density at radius 2 is 1.97 bits per heavy atom. The number of nitrogens with one attached hydrogen (secondary N) is 3. The molecule has 3 aromatic rings. The van der Waals surface area contributed by atoms with Gasteiger partial charge >= 0.3 is 6.03 Å². The molecule has 4 amide bonds. The van der Waals surface area contributed by atoms with E-state index >= 15 is 0 Å². The largest absolute Gasteiger partial charge is 0.454 e. The first-order valence-corrected chi connectivity index (χ1v) is 9.94. The number of benzene rings is 2. The van der Waals surface area contributed by atoms with E-state index in [0.717, 1.165) is 21.4 Å². The Balaban J connectivity index is 1.17. The van der Waals surface area contributed by atoms with Crippen LogP contribution in [0.15, 0.2) is 48.7 Å². The lowest BCUT2D eigenvalue weighted by Crippen LogP contribution is -2.31. The van der Waals surface area contributed by atoms with Gasteiger partial charge in [-0.3, -0.25) is 14.5 Å². The molecule has 5 rings (SSSR count). The highest BCUT2D eigenvalue weighted by atomic mass is 16.7. The second-order valence-electron chi connectivity index (χ2n) is 7.48. The standard InChI is InChI=1S/C22H20N4O5/c27-20(24-15-2-3-16-14(10-15)7-8-23-16)6-4-17-21(28)26(22(29)25-17)11-13-1-5-18-19(9-13)31-12-30-18/h1-3,5,7-10,17,23H,4,6,11-12H2,(H,24,27)(H,25,29)/t17-/m0/s1. The van der Waals surface area contributed by atoms with E-state index in [0.29, 0.717) is 17.2 Å². The molecule has 158 valence electrons. The number of carbonyl (C=O) groups excluding carboxylic acids is 3. The van der Waals surface area contributed by atoms with Crippen molar-refractivity contribution < 1.29 is 23.9 Å².